The van der Waals surface area contributed by atoms with Crippen LogP contribution in [0.5, 0.6) is 11.5 Å². The maximum atomic E-state index is 13.4. The van der Waals surface area contributed by atoms with Gasteiger partial charge in [-0.25, -0.2) is 0 Å². The summed E-state index contributed by atoms with van der Waals surface area (Å²) in [5, 5.41) is 22.2. The molecule has 0 aromatic heterocycles. The molecule has 0 radical (unpaired) electrons. The summed E-state index contributed by atoms with van der Waals surface area (Å²) in [5.74, 6) is -1.64. The van der Waals surface area contributed by atoms with E-state index in [-0.39, 0.29) is 39.3 Å². The van der Waals surface area contributed by atoms with Crippen molar-refractivity contribution in [2.45, 2.75) is 52.2 Å². The van der Waals surface area contributed by atoms with Gasteiger partial charge in [0.15, 0.2) is 0 Å². The highest BCUT2D eigenvalue weighted by molar-refractivity contribution is 6.52. The third-order valence-corrected chi connectivity index (χ3v) is 6.47. The Hall–Kier alpha value is -3.77. The topological polar surface area (TPSA) is 87.1 Å². The summed E-state index contributed by atoms with van der Waals surface area (Å²) in [4.78, 5) is 27.9. The molecule has 0 saturated carbocycles. The van der Waals surface area contributed by atoms with Crippen LogP contribution in [0.4, 0.5) is 5.69 Å². The van der Waals surface area contributed by atoms with Gasteiger partial charge in [-0.3, -0.25) is 14.5 Å². The van der Waals surface area contributed by atoms with Crippen LogP contribution < -0.4 is 9.64 Å². The zero-order valence-electron chi connectivity index (χ0n) is 21.4. The number of aromatic hydroxyl groups is 1. The number of halogens is 1. The van der Waals surface area contributed by atoms with Crippen LogP contribution in [0.2, 0.25) is 5.02 Å². The Labute approximate surface area is 221 Å². The molecule has 2 N–H and O–H groups in total. The molecule has 1 saturated heterocycles. The number of carbonyl (C=O) groups excluding carboxylic acids is 2. The van der Waals surface area contributed by atoms with E-state index in [4.69, 9.17) is 16.3 Å². The number of rotatable bonds is 5. The van der Waals surface area contributed by atoms with E-state index in [1.54, 1.807) is 24.3 Å². The van der Waals surface area contributed by atoms with Gasteiger partial charge < -0.3 is 14.9 Å². The fraction of sp³-hybridized carbons (Fsp3) is 0.267. The van der Waals surface area contributed by atoms with E-state index < -0.39 is 17.7 Å². The van der Waals surface area contributed by atoms with Crippen molar-refractivity contribution in [3.63, 3.8) is 0 Å². The van der Waals surface area contributed by atoms with Crippen LogP contribution in [0.25, 0.3) is 5.76 Å². The number of aliphatic hydroxyl groups is 1. The number of ketones is 1. The fourth-order valence-corrected chi connectivity index (χ4v) is 4.54. The maximum absolute atomic E-state index is 13.4. The Morgan fingerprint density at radius 2 is 1.59 bits per heavy atom. The number of carbonyl (C=O) groups is 2. The minimum Gasteiger partial charge on any atom is -0.507 e. The number of hydrogen-bond donors (Lipinski definition) is 2. The maximum Gasteiger partial charge on any atom is 0.300 e. The van der Waals surface area contributed by atoms with E-state index in [0.29, 0.717) is 16.9 Å². The van der Waals surface area contributed by atoms with Crippen molar-refractivity contribution < 1.29 is 24.5 Å². The molecule has 1 aliphatic heterocycles. The first-order chi connectivity index (χ1) is 17.4. The standard InChI is InChI=1S/C30H30ClNO5/c1-17(2)37-22-13-8-19(9-14-22)27(34)25-26(18-6-10-20(11-7-18)30(3,4)5)32(29(36)28(25)35)23-16-21(31)12-15-24(23)33/h6-17,26,33-34H,1-5H3/b27-25+. The summed E-state index contributed by atoms with van der Waals surface area (Å²) in [6, 6.07) is 17.5. The number of phenols is 1. The molecule has 6 nitrogen and oxygen atoms in total. The summed E-state index contributed by atoms with van der Waals surface area (Å²) in [7, 11) is 0. The summed E-state index contributed by atoms with van der Waals surface area (Å²) in [6.07, 6.45) is -0.0220. The lowest BCUT2D eigenvalue weighted by atomic mass is 9.85. The second kappa shape index (κ2) is 9.94. The minimum absolute atomic E-state index is 0.0220. The molecule has 0 spiro atoms. The molecular formula is C30H30ClNO5. The second-order valence-corrected chi connectivity index (χ2v) is 10.8. The van der Waals surface area contributed by atoms with Crippen LogP contribution in [-0.2, 0) is 15.0 Å². The summed E-state index contributed by atoms with van der Waals surface area (Å²) in [6.45, 7) is 10.1. The number of nitrogens with zero attached hydrogens (tertiary/aromatic N) is 1. The van der Waals surface area contributed by atoms with Crippen molar-refractivity contribution in [2.75, 3.05) is 4.90 Å². The highest BCUT2D eigenvalue weighted by Gasteiger charge is 2.47. The molecule has 1 amide bonds. The monoisotopic (exact) mass is 519 g/mol. The van der Waals surface area contributed by atoms with Crippen molar-refractivity contribution in [3.05, 3.63) is 94.0 Å². The van der Waals surface area contributed by atoms with Gasteiger partial charge in [-0.2, -0.15) is 0 Å². The van der Waals surface area contributed by atoms with Gasteiger partial charge in [0.1, 0.15) is 17.3 Å². The van der Waals surface area contributed by atoms with Gasteiger partial charge >= 0.3 is 0 Å². The normalized spacial score (nSPS) is 17.5. The van der Waals surface area contributed by atoms with E-state index in [2.05, 4.69) is 20.8 Å². The molecule has 4 rings (SSSR count). The first-order valence-electron chi connectivity index (χ1n) is 12.1. The molecule has 3 aromatic rings. The van der Waals surface area contributed by atoms with E-state index in [9.17, 15) is 19.8 Å². The Morgan fingerprint density at radius 3 is 2.16 bits per heavy atom. The Balaban J connectivity index is 1.90. The van der Waals surface area contributed by atoms with Gasteiger partial charge in [0.2, 0.25) is 0 Å². The molecule has 1 aliphatic rings. The van der Waals surface area contributed by atoms with Crippen molar-refractivity contribution in [2.24, 2.45) is 0 Å². The summed E-state index contributed by atoms with van der Waals surface area (Å²) >= 11 is 6.18. The van der Waals surface area contributed by atoms with E-state index in [1.165, 1.54) is 23.1 Å². The fourth-order valence-electron chi connectivity index (χ4n) is 4.37. The first-order valence-corrected chi connectivity index (χ1v) is 12.4. The number of ether oxygens (including phenoxy) is 1. The molecule has 1 fully saturated rings. The molecule has 192 valence electrons. The van der Waals surface area contributed by atoms with Crippen LogP contribution in [0.3, 0.4) is 0 Å². The number of hydrogen-bond acceptors (Lipinski definition) is 5. The van der Waals surface area contributed by atoms with Crippen LogP contribution in [0.15, 0.2) is 72.3 Å². The molecule has 7 heteroatoms. The quantitative estimate of drug-likeness (QED) is 0.221. The Morgan fingerprint density at radius 1 is 0.973 bits per heavy atom. The van der Waals surface area contributed by atoms with Gasteiger partial charge in [0, 0.05) is 10.6 Å². The largest absolute Gasteiger partial charge is 0.507 e. The van der Waals surface area contributed by atoms with Crippen LogP contribution in [-0.4, -0.2) is 28.0 Å². The number of Topliss-reactive ketones (excluding diaryl/α,β-unsaturated/α-hetero) is 1. The molecule has 1 unspecified atom stereocenters. The molecule has 1 atom stereocenters. The molecular weight excluding hydrogens is 490 g/mol. The predicted molar refractivity (Wildman–Crippen MR) is 145 cm³/mol. The molecule has 37 heavy (non-hydrogen) atoms. The van der Waals surface area contributed by atoms with Crippen molar-refractivity contribution >= 4 is 34.7 Å². The lowest BCUT2D eigenvalue weighted by Crippen LogP contribution is -2.29. The van der Waals surface area contributed by atoms with Gasteiger partial charge in [-0.05, 0) is 72.9 Å². The molecule has 0 bridgehead atoms. The van der Waals surface area contributed by atoms with E-state index >= 15 is 0 Å². The van der Waals surface area contributed by atoms with Crippen LogP contribution in [0.1, 0.15) is 57.4 Å². The van der Waals surface area contributed by atoms with Crippen molar-refractivity contribution in [3.8, 4) is 11.5 Å². The van der Waals surface area contributed by atoms with Crippen LogP contribution >= 0.6 is 11.6 Å². The first kappa shape index (κ1) is 26.3. The smallest absolute Gasteiger partial charge is 0.300 e. The second-order valence-electron chi connectivity index (χ2n) is 10.4. The molecule has 0 aliphatic carbocycles. The number of phenolic OH excluding ortho intramolecular Hbond substituents is 1. The summed E-state index contributed by atoms with van der Waals surface area (Å²) < 4.78 is 5.67. The highest BCUT2D eigenvalue weighted by atomic mass is 35.5. The summed E-state index contributed by atoms with van der Waals surface area (Å²) in [5.41, 5.74) is 1.93. The van der Waals surface area contributed by atoms with Crippen molar-refractivity contribution in [1.82, 2.24) is 0 Å². The molecule has 1 heterocycles. The Bertz CT molecular complexity index is 1370. The van der Waals surface area contributed by atoms with Gasteiger partial charge in [-0.15, -0.1) is 0 Å². The SMILES string of the molecule is CC(C)Oc1ccc(/C(O)=C2\C(=O)C(=O)N(c3cc(Cl)ccc3O)C2c2ccc(C(C)(C)C)cc2)cc1. The Kier molecular flexibility index (Phi) is 7.07. The highest BCUT2D eigenvalue weighted by Crippen LogP contribution is 2.45. The average molecular weight is 520 g/mol. The molecule has 3 aromatic carbocycles. The third-order valence-electron chi connectivity index (χ3n) is 6.23. The van der Waals surface area contributed by atoms with Crippen molar-refractivity contribution in [1.29, 1.82) is 0 Å². The van der Waals surface area contributed by atoms with E-state index in [0.717, 1.165) is 5.56 Å². The predicted octanol–water partition coefficient (Wildman–Crippen LogP) is 6.76. The van der Waals surface area contributed by atoms with Gasteiger partial charge in [0.25, 0.3) is 11.7 Å². The minimum atomic E-state index is -0.982. The van der Waals surface area contributed by atoms with Crippen LogP contribution in [0, 0.1) is 0 Å². The van der Waals surface area contributed by atoms with Gasteiger partial charge in [-0.1, -0.05) is 56.6 Å². The zero-order valence-corrected chi connectivity index (χ0v) is 22.2. The lowest BCUT2D eigenvalue weighted by molar-refractivity contribution is -0.132. The number of aliphatic hydroxyl groups excluding tert-OH is 1. The van der Waals surface area contributed by atoms with Gasteiger partial charge in [0.05, 0.1) is 23.4 Å². The van der Waals surface area contributed by atoms with E-state index in [1.807, 2.05) is 38.1 Å². The average Bonchev–Trinajstić information content (AvgIpc) is 3.10. The third kappa shape index (κ3) is 5.20. The number of amides is 1. The zero-order chi connectivity index (χ0) is 27.1. The lowest BCUT2D eigenvalue weighted by Gasteiger charge is -2.27. The number of anilines is 1. The number of benzene rings is 3.